The minimum absolute atomic E-state index is 0.523. The number of nitrogens with one attached hydrogen (secondary N) is 1. The maximum atomic E-state index is 5.94. The summed E-state index contributed by atoms with van der Waals surface area (Å²) in [5, 5.41) is 4.62. The van der Waals surface area contributed by atoms with Gasteiger partial charge in [0.2, 0.25) is 0 Å². The third-order valence-corrected chi connectivity index (χ3v) is 6.86. The molecule has 0 unspecified atom stereocenters. The van der Waals surface area contributed by atoms with E-state index in [9.17, 15) is 0 Å². The van der Waals surface area contributed by atoms with Crippen LogP contribution in [0.2, 0.25) is 4.34 Å². The van der Waals surface area contributed by atoms with Crippen LogP contribution in [0, 0.1) is 5.41 Å². The summed E-state index contributed by atoms with van der Waals surface area (Å²) in [6.45, 7) is 1.99. The fraction of sp³-hybridized carbons (Fsp3) is 0.667. The Morgan fingerprint density at radius 2 is 2.10 bits per heavy atom. The standard InChI is InChI=1S/C15H21ClN2S2/c16-13-5-4-12(20-13)6-9-17-14-18-10-15(11-19-14)7-2-1-3-8-15/h4-5H,1-3,6-11H2,(H,17,18). The van der Waals surface area contributed by atoms with E-state index in [0.29, 0.717) is 5.41 Å². The van der Waals surface area contributed by atoms with Crippen molar-refractivity contribution in [3.05, 3.63) is 21.3 Å². The van der Waals surface area contributed by atoms with Crippen molar-refractivity contribution in [1.29, 1.82) is 0 Å². The Morgan fingerprint density at radius 1 is 1.25 bits per heavy atom. The molecule has 5 heteroatoms. The molecule has 1 aromatic rings. The molecule has 0 bridgehead atoms. The lowest BCUT2D eigenvalue weighted by molar-refractivity contribution is 0.232. The highest BCUT2D eigenvalue weighted by Crippen LogP contribution is 2.41. The van der Waals surface area contributed by atoms with Crippen LogP contribution in [0.1, 0.15) is 37.0 Å². The average Bonchev–Trinajstić information content (AvgIpc) is 2.88. The van der Waals surface area contributed by atoms with Crippen molar-refractivity contribution < 1.29 is 0 Å². The Balaban J connectivity index is 1.45. The number of halogens is 1. The summed E-state index contributed by atoms with van der Waals surface area (Å²) in [6, 6.07) is 4.09. The third-order valence-electron chi connectivity index (χ3n) is 4.26. The van der Waals surface area contributed by atoms with Gasteiger partial charge >= 0.3 is 0 Å². The summed E-state index contributed by atoms with van der Waals surface area (Å²) in [6.07, 6.45) is 8.01. The van der Waals surface area contributed by atoms with Crippen molar-refractivity contribution in [2.24, 2.45) is 10.4 Å². The number of rotatable bonds is 3. The van der Waals surface area contributed by atoms with Gasteiger partial charge in [-0.1, -0.05) is 42.6 Å². The Kier molecular flexibility index (Phi) is 4.95. The third kappa shape index (κ3) is 3.71. The SMILES string of the molecule is Clc1ccc(CCNC2=NCC3(CCCCC3)CS2)s1. The van der Waals surface area contributed by atoms with Crippen LogP contribution in [0.5, 0.6) is 0 Å². The molecule has 1 fully saturated rings. The minimum Gasteiger partial charge on any atom is -0.365 e. The van der Waals surface area contributed by atoms with Crippen LogP contribution in [0.25, 0.3) is 0 Å². The molecule has 0 atom stereocenters. The second kappa shape index (κ2) is 6.71. The van der Waals surface area contributed by atoms with Gasteiger partial charge in [0.15, 0.2) is 5.17 Å². The second-order valence-electron chi connectivity index (χ2n) is 5.85. The second-order valence-corrected chi connectivity index (χ2v) is 8.62. The van der Waals surface area contributed by atoms with Crippen molar-refractivity contribution in [2.75, 3.05) is 18.8 Å². The van der Waals surface area contributed by atoms with Crippen LogP contribution in [0.3, 0.4) is 0 Å². The van der Waals surface area contributed by atoms with E-state index in [-0.39, 0.29) is 0 Å². The van der Waals surface area contributed by atoms with E-state index < -0.39 is 0 Å². The Bertz CT molecular complexity index is 478. The zero-order chi connectivity index (χ0) is 13.8. The van der Waals surface area contributed by atoms with E-state index in [1.54, 1.807) is 11.3 Å². The Hall–Kier alpha value is -0.190. The first-order valence-electron chi connectivity index (χ1n) is 7.41. The molecule has 0 saturated heterocycles. The number of aliphatic imine (C=N–C) groups is 1. The molecule has 1 aromatic heterocycles. The maximum absolute atomic E-state index is 5.94. The molecule has 20 heavy (non-hydrogen) atoms. The van der Waals surface area contributed by atoms with Gasteiger partial charge < -0.3 is 5.32 Å². The molecule has 0 radical (unpaired) electrons. The first-order valence-corrected chi connectivity index (χ1v) is 9.59. The van der Waals surface area contributed by atoms with E-state index in [1.807, 2.05) is 17.8 Å². The molecule has 1 spiro atoms. The number of nitrogens with zero attached hydrogens (tertiary/aromatic N) is 1. The van der Waals surface area contributed by atoms with Gasteiger partial charge in [0.05, 0.1) is 4.34 Å². The van der Waals surface area contributed by atoms with Crippen LogP contribution in [0.4, 0.5) is 0 Å². The Morgan fingerprint density at radius 3 is 2.75 bits per heavy atom. The number of hydrogen-bond acceptors (Lipinski definition) is 4. The van der Waals surface area contributed by atoms with Crippen LogP contribution in [0.15, 0.2) is 17.1 Å². The van der Waals surface area contributed by atoms with Gasteiger partial charge in [-0.3, -0.25) is 4.99 Å². The topological polar surface area (TPSA) is 24.4 Å². The summed E-state index contributed by atoms with van der Waals surface area (Å²) in [5.74, 6) is 1.25. The molecule has 1 N–H and O–H groups in total. The summed E-state index contributed by atoms with van der Waals surface area (Å²) < 4.78 is 0.878. The first kappa shape index (κ1) is 14.7. The van der Waals surface area contributed by atoms with Gasteiger partial charge in [0.25, 0.3) is 0 Å². The van der Waals surface area contributed by atoms with E-state index in [1.165, 1.54) is 42.7 Å². The lowest BCUT2D eigenvalue weighted by Crippen LogP contribution is -2.37. The molecule has 2 aliphatic rings. The molecular weight excluding hydrogens is 308 g/mol. The van der Waals surface area contributed by atoms with E-state index >= 15 is 0 Å². The van der Waals surface area contributed by atoms with Gasteiger partial charge in [0.1, 0.15) is 0 Å². The highest BCUT2D eigenvalue weighted by molar-refractivity contribution is 8.13. The molecule has 1 saturated carbocycles. The molecule has 2 nitrogen and oxygen atoms in total. The predicted octanol–water partition coefficient (Wildman–Crippen LogP) is 4.59. The summed E-state index contributed by atoms with van der Waals surface area (Å²) in [5.41, 5.74) is 0.523. The van der Waals surface area contributed by atoms with Crippen LogP contribution < -0.4 is 5.32 Å². The van der Waals surface area contributed by atoms with Crippen LogP contribution >= 0.6 is 34.7 Å². The number of thiophene rings is 1. The fourth-order valence-corrected chi connectivity index (χ4v) is 5.31. The maximum Gasteiger partial charge on any atom is 0.156 e. The van der Waals surface area contributed by atoms with Gasteiger partial charge in [-0.2, -0.15) is 0 Å². The van der Waals surface area contributed by atoms with E-state index in [2.05, 4.69) is 11.4 Å². The zero-order valence-electron chi connectivity index (χ0n) is 11.7. The molecule has 2 heterocycles. The lowest BCUT2D eigenvalue weighted by atomic mass is 9.75. The monoisotopic (exact) mass is 328 g/mol. The number of amidine groups is 1. The number of thioether (sulfide) groups is 1. The van der Waals surface area contributed by atoms with Gasteiger partial charge in [-0.25, -0.2) is 0 Å². The smallest absolute Gasteiger partial charge is 0.156 e. The average molecular weight is 329 g/mol. The van der Waals surface area contributed by atoms with Crippen molar-refractivity contribution in [2.45, 2.75) is 38.5 Å². The quantitative estimate of drug-likeness (QED) is 0.877. The van der Waals surface area contributed by atoms with Crippen LogP contribution in [-0.4, -0.2) is 24.0 Å². The largest absolute Gasteiger partial charge is 0.365 e. The highest BCUT2D eigenvalue weighted by Gasteiger charge is 2.34. The van der Waals surface area contributed by atoms with Crippen LogP contribution in [-0.2, 0) is 6.42 Å². The molecule has 0 amide bonds. The lowest BCUT2D eigenvalue weighted by Gasteiger charge is -2.38. The zero-order valence-corrected chi connectivity index (χ0v) is 14.0. The minimum atomic E-state index is 0.523. The normalized spacial score (nSPS) is 21.8. The highest BCUT2D eigenvalue weighted by atomic mass is 35.5. The van der Waals surface area contributed by atoms with Crippen molar-refractivity contribution in [3.63, 3.8) is 0 Å². The van der Waals surface area contributed by atoms with Gasteiger partial charge in [0, 0.05) is 23.7 Å². The summed E-state index contributed by atoms with van der Waals surface area (Å²) in [4.78, 5) is 6.13. The van der Waals surface area contributed by atoms with Crippen molar-refractivity contribution in [1.82, 2.24) is 5.32 Å². The Labute approximate surface area is 134 Å². The van der Waals surface area contributed by atoms with Crippen molar-refractivity contribution in [3.8, 4) is 0 Å². The fourth-order valence-electron chi connectivity index (χ4n) is 3.04. The van der Waals surface area contributed by atoms with Gasteiger partial charge in [-0.05, 0) is 36.8 Å². The first-order chi connectivity index (χ1) is 9.76. The molecule has 0 aromatic carbocycles. The van der Waals surface area contributed by atoms with Crippen molar-refractivity contribution >= 4 is 39.9 Å². The van der Waals surface area contributed by atoms with E-state index in [4.69, 9.17) is 16.6 Å². The summed E-state index contributed by atoms with van der Waals surface area (Å²) >= 11 is 9.54. The number of hydrogen-bond donors (Lipinski definition) is 1. The van der Waals surface area contributed by atoms with Gasteiger partial charge in [-0.15, -0.1) is 11.3 Å². The molecular formula is C15H21ClN2S2. The predicted molar refractivity (Wildman–Crippen MR) is 91.3 cm³/mol. The molecule has 110 valence electrons. The van der Waals surface area contributed by atoms with E-state index in [0.717, 1.165) is 29.0 Å². The molecule has 1 aliphatic heterocycles. The molecule has 3 rings (SSSR count). The summed E-state index contributed by atoms with van der Waals surface area (Å²) in [7, 11) is 0. The molecule has 1 aliphatic carbocycles.